The van der Waals surface area contributed by atoms with Gasteiger partial charge in [-0.3, -0.25) is 0 Å². The van der Waals surface area contributed by atoms with Crippen molar-refractivity contribution in [3.63, 3.8) is 0 Å². The molecule has 0 amide bonds. The van der Waals surface area contributed by atoms with Crippen LogP contribution >= 0.6 is 0 Å². The first-order valence-corrected chi connectivity index (χ1v) is 6.94. The zero-order valence-electron chi connectivity index (χ0n) is 10.3. The Balaban J connectivity index is 2.17. The van der Waals surface area contributed by atoms with Gasteiger partial charge >= 0.3 is 0 Å². The maximum atomic E-state index is 12.1. The first-order chi connectivity index (χ1) is 8.50. The summed E-state index contributed by atoms with van der Waals surface area (Å²) in [5.74, 6) is 0. The van der Waals surface area contributed by atoms with Crippen molar-refractivity contribution in [1.82, 2.24) is 14.3 Å². The van der Waals surface area contributed by atoms with E-state index in [1.54, 1.807) is 7.05 Å². The molecular formula is C12H15N3O2S. The number of sulfonamides is 1. The fourth-order valence-electron chi connectivity index (χ4n) is 1.59. The molecule has 0 aliphatic carbocycles. The molecule has 1 aromatic heterocycles. The molecular weight excluding hydrogens is 250 g/mol. The Morgan fingerprint density at radius 3 is 2.50 bits per heavy atom. The molecule has 2 rings (SSSR count). The molecule has 0 unspecified atom stereocenters. The van der Waals surface area contributed by atoms with E-state index in [4.69, 9.17) is 0 Å². The lowest BCUT2D eigenvalue weighted by atomic mass is 10.1. The maximum absolute atomic E-state index is 12.1. The number of aromatic amines is 1. The average molecular weight is 265 g/mol. The average Bonchev–Trinajstić information content (AvgIpc) is 2.86. The van der Waals surface area contributed by atoms with Crippen molar-refractivity contribution in [2.75, 3.05) is 7.05 Å². The van der Waals surface area contributed by atoms with E-state index >= 15 is 0 Å². The van der Waals surface area contributed by atoms with Crippen molar-refractivity contribution < 1.29 is 8.42 Å². The second-order valence-electron chi connectivity index (χ2n) is 4.16. The maximum Gasteiger partial charge on any atom is 0.260 e. The van der Waals surface area contributed by atoms with Gasteiger partial charge in [-0.2, -0.15) is 4.31 Å². The van der Waals surface area contributed by atoms with Crippen LogP contribution in [-0.2, 0) is 16.6 Å². The van der Waals surface area contributed by atoms with Crippen LogP contribution in [-0.4, -0.2) is 29.7 Å². The van der Waals surface area contributed by atoms with Gasteiger partial charge in [-0.1, -0.05) is 29.8 Å². The lowest BCUT2D eigenvalue weighted by Gasteiger charge is -2.15. The number of aromatic nitrogens is 2. The van der Waals surface area contributed by atoms with Crippen LogP contribution in [0.1, 0.15) is 11.1 Å². The number of imidazole rings is 1. The van der Waals surface area contributed by atoms with Crippen LogP contribution in [0.2, 0.25) is 0 Å². The quantitative estimate of drug-likeness (QED) is 0.912. The lowest BCUT2D eigenvalue weighted by molar-refractivity contribution is 0.464. The van der Waals surface area contributed by atoms with Crippen molar-refractivity contribution in [2.24, 2.45) is 0 Å². The van der Waals surface area contributed by atoms with Gasteiger partial charge in [-0.15, -0.1) is 0 Å². The van der Waals surface area contributed by atoms with Crippen molar-refractivity contribution in [2.45, 2.75) is 18.5 Å². The summed E-state index contributed by atoms with van der Waals surface area (Å²) < 4.78 is 25.5. The van der Waals surface area contributed by atoms with Crippen LogP contribution in [0.15, 0.2) is 41.8 Å². The summed E-state index contributed by atoms with van der Waals surface area (Å²) in [5, 5.41) is 0.108. The number of hydrogen-bond acceptors (Lipinski definition) is 3. The minimum absolute atomic E-state index is 0.108. The van der Waals surface area contributed by atoms with Gasteiger partial charge in [0.1, 0.15) is 0 Å². The van der Waals surface area contributed by atoms with Crippen LogP contribution in [0, 0.1) is 6.92 Å². The highest BCUT2D eigenvalue weighted by molar-refractivity contribution is 7.89. The molecule has 0 atom stereocenters. The molecule has 1 N–H and O–H groups in total. The van der Waals surface area contributed by atoms with E-state index in [0.29, 0.717) is 6.54 Å². The molecule has 0 radical (unpaired) electrons. The van der Waals surface area contributed by atoms with E-state index in [-0.39, 0.29) is 5.03 Å². The Morgan fingerprint density at radius 2 is 1.94 bits per heavy atom. The molecule has 96 valence electrons. The van der Waals surface area contributed by atoms with Crippen LogP contribution in [0.4, 0.5) is 0 Å². The van der Waals surface area contributed by atoms with Gasteiger partial charge in [0.15, 0.2) is 5.03 Å². The number of nitrogens with zero attached hydrogens (tertiary/aromatic N) is 2. The number of hydrogen-bond donors (Lipinski definition) is 1. The van der Waals surface area contributed by atoms with E-state index in [1.807, 2.05) is 31.2 Å². The minimum atomic E-state index is -3.49. The van der Waals surface area contributed by atoms with Gasteiger partial charge in [-0.25, -0.2) is 13.4 Å². The topological polar surface area (TPSA) is 66.1 Å². The fourth-order valence-corrected chi connectivity index (χ4v) is 2.64. The van der Waals surface area contributed by atoms with E-state index in [9.17, 15) is 8.42 Å². The molecule has 18 heavy (non-hydrogen) atoms. The van der Waals surface area contributed by atoms with Crippen LogP contribution in [0.3, 0.4) is 0 Å². The van der Waals surface area contributed by atoms with E-state index in [2.05, 4.69) is 9.97 Å². The van der Waals surface area contributed by atoms with Gasteiger partial charge in [0.05, 0.1) is 12.5 Å². The minimum Gasteiger partial charge on any atom is -0.335 e. The summed E-state index contributed by atoms with van der Waals surface area (Å²) in [6, 6.07) is 7.78. The normalized spacial score (nSPS) is 11.9. The molecule has 0 bridgehead atoms. The van der Waals surface area contributed by atoms with Crippen molar-refractivity contribution in [3.05, 3.63) is 47.9 Å². The highest BCUT2D eigenvalue weighted by atomic mass is 32.2. The number of nitrogens with one attached hydrogen (secondary N) is 1. The highest BCUT2D eigenvalue weighted by Gasteiger charge is 2.21. The van der Waals surface area contributed by atoms with Crippen molar-refractivity contribution >= 4 is 10.0 Å². The summed E-state index contributed by atoms with van der Waals surface area (Å²) in [7, 11) is -1.94. The first-order valence-electron chi connectivity index (χ1n) is 5.50. The third-order valence-corrected chi connectivity index (χ3v) is 4.42. The lowest BCUT2D eigenvalue weighted by Crippen LogP contribution is -2.26. The largest absolute Gasteiger partial charge is 0.335 e. The molecule has 6 heteroatoms. The van der Waals surface area contributed by atoms with Gasteiger partial charge < -0.3 is 4.98 Å². The zero-order chi connectivity index (χ0) is 13.2. The summed E-state index contributed by atoms with van der Waals surface area (Å²) in [6.45, 7) is 2.33. The second kappa shape index (κ2) is 4.91. The Bertz CT molecular complexity index is 603. The molecule has 1 heterocycles. The SMILES string of the molecule is Cc1ccc(CN(C)S(=O)(=O)c2cnc[nH]2)cc1. The molecule has 0 fully saturated rings. The van der Waals surface area contributed by atoms with E-state index in [0.717, 1.165) is 11.1 Å². The van der Waals surface area contributed by atoms with Gasteiger partial charge in [0, 0.05) is 13.6 Å². The van der Waals surface area contributed by atoms with Gasteiger partial charge in [0.25, 0.3) is 10.0 Å². The monoisotopic (exact) mass is 265 g/mol. The van der Waals surface area contributed by atoms with Crippen LogP contribution < -0.4 is 0 Å². The standard InChI is InChI=1S/C12H15N3O2S/c1-10-3-5-11(6-4-10)8-15(2)18(16,17)12-7-13-9-14-12/h3-7,9H,8H2,1-2H3,(H,13,14). The van der Waals surface area contributed by atoms with E-state index in [1.165, 1.54) is 16.8 Å². The fraction of sp³-hybridized carbons (Fsp3) is 0.250. The smallest absolute Gasteiger partial charge is 0.260 e. The first kappa shape index (κ1) is 12.8. The summed E-state index contributed by atoms with van der Waals surface area (Å²) in [5.41, 5.74) is 2.10. The predicted molar refractivity (Wildman–Crippen MR) is 68.4 cm³/mol. The van der Waals surface area contributed by atoms with Crippen LogP contribution in [0.25, 0.3) is 0 Å². The van der Waals surface area contributed by atoms with Crippen molar-refractivity contribution in [1.29, 1.82) is 0 Å². The van der Waals surface area contributed by atoms with E-state index < -0.39 is 10.0 Å². The Morgan fingerprint density at radius 1 is 1.28 bits per heavy atom. The summed E-state index contributed by atoms with van der Waals surface area (Å²) >= 11 is 0. The number of aryl methyl sites for hydroxylation is 1. The molecule has 1 aromatic carbocycles. The Labute approximate surface area is 107 Å². The number of benzene rings is 1. The predicted octanol–water partition coefficient (Wildman–Crippen LogP) is 1.54. The third-order valence-electron chi connectivity index (χ3n) is 2.69. The molecule has 0 spiro atoms. The zero-order valence-corrected chi connectivity index (χ0v) is 11.1. The number of rotatable bonds is 4. The Hall–Kier alpha value is -1.66. The molecule has 5 nitrogen and oxygen atoms in total. The molecule has 2 aromatic rings. The molecule has 0 aliphatic rings. The summed E-state index contributed by atoms with van der Waals surface area (Å²) in [4.78, 5) is 6.34. The van der Waals surface area contributed by atoms with Crippen molar-refractivity contribution in [3.8, 4) is 0 Å². The molecule has 0 saturated carbocycles. The van der Waals surface area contributed by atoms with Gasteiger partial charge in [0.2, 0.25) is 0 Å². The summed E-state index contributed by atoms with van der Waals surface area (Å²) in [6.07, 6.45) is 2.66. The Kier molecular flexibility index (Phi) is 3.49. The van der Waals surface area contributed by atoms with Gasteiger partial charge in [-0.05, 0) is 12.5 Å². The third kappa shape index (κ3) is 2.60. The van der Waals surface area contributed by atoms with Crippen LogP contribution in [0.5, 0.6) is 0 Å². The second-order valence-corrected chi connectivity index (χ2v) is 6.18. The highest BCUT2D eigenvalue weighted by Crippen LogP contribution is 2.14. The molecule has 0 aliphatic heterocycles. The number of H-pyrrole nitrogens is 1. The molecule has 0 saturated heterocycles.